The first kappa shape index (κ1) is 18.4. The van der Waals surface area contributed by atoms with Crippen molar-refractivity contribution in [2.75, 3.05) is 13.7 Å². The van der Waals surface area contributed by atoms with Crippen molar-refractivity contribution in [1.82, 2.24) is 4.98 Å². The molecule has 0 saturated heterocycles. The van der Waals surface area contributed by atoms with Crippen molar-refractivity contribution in [1.29, 1.82) is 0 Å². The molecule has 1 aromatic carbocycles. The maximum atomic E-state index is 12.3. The van der Waals surface area contributed by atoms with Crippen LogP contribution in [0, 0.1) is 20.8 Å². The average Bonchev–Trinajstić information content (AvgIpc) is 2.87. The second-order valence-electron chi connectivity index (χ2n) is 5.86. The standard InChI is InChI=1S/C19H21NO5/c1-10-6-7-14(8-16(10)24-5)19(23)25-9-15(22)18-11(2)17(13(4)21)12(3)20-18/h6-8,20H,9H2,1-5H3. The average molecular weight is 343 g/mol. The van der Waals surface area contributed by atoms with E-state index in [-0.39, 0.29) is 17.3 Å². The molecule has 0 radical (unpaired) electrons. The molecule has 0 aliphatic rings. The van der Waals surface area contributed by atoms with Crippen LogP contribution in [0.5, 0.6) is 5.75 Å². The van der Waals surface area contributed by atoms with E-state index in [1.165, 1.54) is 14.0 Å². The van der Waals surface area contributed by atoms with Gasteiger partial charge in [-0.3, -0.25) is 9.59 Å². The van der Waals surface area contributed by atoms with Gasteiger partial charge in [-0.15, -0.1) is 0 Å². The normalized spacial score (nSPS) is 10.4. The molecule has 1 N–H and O–H groups in total. The quantitative estimate of drug-likeness (QED) is 0.643. The van der Waals surface area contributed by atoms with Crippen LogP contribution in [0.4, 0.5) is 0 Å². The second-order valence-corrected chi connectivity index (χ2v) is 5.86. The maximum Gasteiger partial charge on any atom is 0.338 e. The molecule has 0 spiro atoms. The highest BCUT2D eigenvalue weighted by atomic mass is 16.5. The van der Waals surface area contributed by atoms with Gasteiger partial charge in [0.05, 0.1) is 18.4 Å². The van der Waals surface area contributed by atoms with Gasteiger partial charge in [-0.05, 0) is 51.0 Å². The van der Waals surface area contributed by atoms with E-state index in [2.05, 4.69) is 4.98 Å². The smallest absolute Gasteiger partial charge is 0.338 e. The van der Waals surface area contributed by atoms with E-state index < -0.39 is 12.6 Å². The molecule has 6 nitrogen and oxygen atoms in total. The number of benzene rings is 1. The number of aryl methyl sites for hydroxylation is 2. The van der Waals surface area contributed by atoms with Gasteiger partial charge in [0.25, 0.3) is 0 Å². The van der Waals surface area contributed by atoms with Gasteiger partial charge in [0.2, 0.25) is 5.78 Å². The van der Waals surface area contributed by atoms with Crippen LogP contribution in [-0.4, -0.2) is 36.2 Å². The molecule has 0 fully saturated rings. The van der Waals surface area contributed by atoms with E-state index in [9.17, 15) is 14.4 Å². The van der Waals surface area contributed by atoms with Crippen molar-refractivity contribution >= 4 is 17.5 Å². The van der Waals surface area contributed by atoms with Crippen molar-refractivity contribution < 1.29 is 23.9 Å². The summed E-state index contributed by atoms with van der Waals surface area (Å²) in [7, 11) is 1.52. The number of rotatable bonds is 6. The lowest BCUT2D eigenvalue weighted by atomic mass is 10.1. The number of ether oxygens (including phenoxy) is 2. The molecule has 2 rings (SSSR count). The summed E-state index contributed by atoms with van der Waals surface area (Å²) in [6.07, 6.45) is 0. The number of carbonyl (C=O) groups is 3. The molecule has 132 valence electrons. The molecule has 0 saturated carbocycles. The highest BCUT2D eigenvalue weighted by Gasteiger charge is 2.21. The molecule has 0 aliphatic heterocycles. The highest BCUT2D eigenvalue weighted by Crippen LogP contribution is 2.21. The fourth-order valence-corrected chi connectivity index (χ4v) is 2.79. The van der Waals surface area contributed by atoms with Crippen molar-refractivity contribution in [2.24, 2.45) is 0 Å². The van der Waals surface area contributed by atoms with Gasteiger partial charge in [-0.2, -0.15) is 0 Å². The summed E-state index contributed by atoms with van der Waals surface area (Å²) in [5.41, 5.74) is 3.18. The summed E-state index contributed by atoms with van der Waals surface area (Å²) in [5, 5.41) is 0. The van der Waals surface area contributed by atoms with Gasteiger partial charge in [-0.25, -0.2) is 4.79 Å². The number of aromatic nitrogens is 1. The van der Waals surface area contributed by atoms with Crippen LogP contribution in [0.3, 0.4) is 0 Å². The summed E-state index contributed by atoms with van der Waals surface area (Å²) in [4.78, 5) is 39.0. The molecule has 0 amide bonds. The van der Waals surface area contributed by atoms with Crippen LogP contribution < -0.4 is 4.74 Å². The van der Waals surface area contributed by atoms with Crippen LogP contribution in [0.15, 0.2) is 18.2 Å². The third kappa shape index (κ3) is 3.79. The summed E-state index contributed by atoms with van der Waals surface area (Å²) in [6.45, 7) is 6.32. The number of carbonyl (C=O) groups excluding carboxylic acids is 3. The van der Waals surface area contributed by atoms with Gasteiger partial charge < -0.3 is 14.5 Å². The number of H-pyrrole nitrogens is 1. The molecular formula is C19H21NO5. The third-order valence-corrected chi connectivity index (χ3v) is 4.05. The van der Waals surface area contributed by atoms with Crippen molar-refractivity contribution in [3.05, 3.63) is 51.8 Å². The Morgan fingerprint density at radius 3 is 2.36 bits per heavy atom. The van der Waals surface area contributed by atoms with Crippen molar-refractivity contribution in [3.8, 4) is 5.75 Å². The topological polar surface area (TPSA) is 85.5 Å². The summed E-state index contributed by atoms with van der Waals surface area (Å²) in [5.74, 6) is -0.545. The Labute approximate surface area is 146 Å². The fourth-order valence-electron chi connectivity index (χ4n) is 2.79. The largest absolute Gasteiger partial charge is 0.496 e. The van der Waals surface area contributed by atoms with E-state index in [1.54, 1.807) is 32.0 Å². The van der Waals surface area contributed by atoms with Crippen molar-refractivity contribution in [3.63, 3.8) is 0 Å². The van der Waals surface area contributed by atoms with Gasteiger partial charge in [0.1, 0.15) is 5.75 Å². The van der Waals surface area contributed by atoms with E-state index in [4.69, 9.17) is 9.47 Å². The molecule has 6 heteroatoms. The van der Waals surface area contributed by atoms with Crippen molar-refractivity contribution in [2.45, 2.75) is 27.7 Å². The number of methoxy groups -OCH3 is 1. The third-order valence-electron chi connectivity index (χ3n) is 4.05. The van der Waals surface area contributed by atoms with E-state index in [1.807, 2.05) is 6.92 Å². The Kier molecular flexibility index (Phi) is 5.41. The van der Waals surface area contributed by atoms with Crippen LogP contribution >= 0.6 is 0 Å². The number of aromatic amines is 1. The molecule has 0 aliphatic carbocycles. The minimum Gasteiger partial charge on any atom is -0.496 e. The summed E-state index contributed by atoms with van der Waals surface area (Å²) in [6, 6.07) is 4.93. The lowest BCUT2D eigenvalue weighted by Crippen LogP contribution is -2.15. The zero-order chi connectivity index (χ0) is 18.7. The Balaban J connectivity index is 2.11. The SMILES string of the molecule is COc1cc(C(=O)OCC(=O)c2[nH]c(C)c(C(C)=O)c2C)ccc1C. The Morgan fingerprint density at radius 1 is 1.12 bits per heavy atom. The summed E-state index contributed by atoms with van der Waals surface area (Å²) >= 11 is 0. The monoisotopic (exact) mass is 343 g/mol. The summed E-state index contributed by atoms with van der Waals surface area (Å²) < 4.78 is 10.3. The number of hydrogen-bond donors (Lipinski definition) is 1. The molecular weight excluding hydrogens is 322 g/mol. The predicted octanol–water partition coefficient (Wildman–Crippen LogP) is 3.19. The Hall–Kier alpha value is -2.89. The molecule has 1 heterocycles. The number of nitrogens with one attached hydrogen (secondary N) is 1. The van der Waals surface area contributed by atoms with E-state index in [0.717, 1.165) is 5.56 Å². The molecule has 2 aromatic rings. The lowest BCUT2D eigenvalue weighted by molar-refractivity contribution is 0.0473. The molecule has 0 unspecified atom stereocenters. The first-order valence-electron chi connectivity index (χ1n) is 7.81. The maximum absolute atomic E-state index is 12.3. The van der Waals surface area contributed by atoms with Gasteiger partial charge >= 0.3 is 5.97 Å². The number of Topliss-reactive ketones (excluding diaryl/α,β-unsaturated/α-hetero) is 2. The number of esters is 1. The van der Waals surface area contributed by atoms with E-state index >= 15 is 0 Å². The Bertz CT molecular complexity index is 848. The molecule has 25 heavy (non-hydrogen) atoms. The highest BCUT2D eigenvalue weighted by molar-refractivity contribution is 6.04. The molecule has 0 bridgehead atoms. The second kappa shape index (κ2) is 7.34. The molecule has 0 atom stereocenters. The van der Waals surface area contributed by atoms with Crippen LogP contribution in [0.25, 0.3) is 0 Å². The van der Waals surface area contributed by atoms with Gasteiger partial charge in [0, 0.05) is 11.3 Å². The minimum atomic E-state index is -0.612. The number of hydrogen-bond acceptors (Lipinski definition) is 5. The van der Waals surface area contributed by atoms with E-state index in [0.29, 0.717) is 28.1 Å². The lowest BCUT2D eigenvalue weighted by Gasteiger charge is -2.08. The zero-order valence-electron chi connectivity index (χ0n) is 15.0. The zero-order valence-corrected chi connectivity index (χ0v) is 15.0. The predicted molar refractivity (Wildman–Crippen MR) is 92.6 cm³/mol. The van der Waals surface area contributed by atoms with Gasteiger partial charge in [0.15, 0.2) is 12.4 Å². The molecule has 1 aromatic heterocycles. The van der Waals surface area contributed by atoms with Gasteiger partial charge in [-0.1, -0.05) is 6.07 Å². The minimum absolute atomic E-state index is 0.117. The van der Waals surface area contributed by atoms with Crippen LogP contribution in [0.1, 0.15) is 54.9 Å². The first-order chi connectivity index (χ1) is 11.8. The first-order valence-corrected chi connectivity index (χ1v) is 7.81. The Morgan fingerprint density at radius 2 is 1.80 bits per heavy atom. The van der Waals surface area contributed by atoms with Crippen LogP contribution in [0.2, 0.25) is 0 Å². The fraction of sp³-hybridized carbons (Fsp3) is 0.316. The number of ketones is 2. The van der Waals surface area contributed by atoms with Crippen LogP contribution in [-0.2, 0) is 4.74 Å².